The Hall–Kier alpha value is -2.23. The molecule has 0 aliphatic heterocycles. The van der Waals surface area contributed by atoms with Crippen LogP contribution in [0.5, 0.6) is 5.75 Å². The van der Waals surface area contributed by atoms with Crippen LogP contribution < -0.4 is 4.74 Å². The van der Waals surface area contributed by atoms with E-state index in [0.717, 1.165) is 31.6 Å². The number of ether oxygens (including phenoxy) is 1. The molecule has 0 unspecified atom stereocenters. The van der Waals surface area contributed by atoms with Crippen molar-refractivity contribution in [1.82, 2.24) is 0 Å². The lowest BCUT2D eigenvalue weighted by Gasteiger charge is -2.29. The van der Waals surface area contributed by atoms with Crippen molar-refractivity contribution in [3.8, 4) is 16.9 Å². The summed E-state index contributed by atoms with van der Waals surface area (Å²) in [5.41, 5.74) is 1.46. The zero-order valence-electron chi connectivity index (χ0n) is 16.6. The van der Waals surface area contributed by atoms with Gasteiger partial charge in [0.25, 0.3) is 0 Å². The highest BCUT2D eigenvalue weighted by Crippen LogP contribution is 2.40. The van der Waals surface area contributed by atoms with Gasteiger partial charge in [0.05, 0.1) is 12.2 Å². The summed E-state index contributed by atoms with van der Waals surface area (Å²) in [5.74, 6) is -0.337. The molecule has 0 bridgehead atoms. The molecule has 1 saturated carbocycles. The van der Waals surface area contributed by atoms with E-state index in [-0.39, 0.29) is 11.5 Å². The summed E-state index contributed by atoms with van der Waals surface area (Å²) in [7, 11) is 0. The second-order valence-corrected chi connectivity index (χ2v) is 7.64. The van der Waals surface area contributed by atoms with Crippen molar-refractivity contribution in [1.29, 1.82) is 0 Å². The van der Waals surface area contributed by atoms with E-state index in [2.05, 4.69) is 6.92 Å². The van der Waals surface area contributed by atoms with Crippen LogP contribution in [0, 0.1) is 17.6 Å². The van der Waals surface area contributed by atoms with Gasteiger partial charge in [-0.1, -0.05) is 38.0 Å². The average molecular weight is 386 g/mol. The minimum absolute atomic E-state index is 0.0857. The number of rotatable bonds is 7. The van der Waals surface area contributed by atoms with Gasteiger partial charge in [0.2, 0.25) is 0 Å². The van der Waals surface area contributed by atoms with E-state index in [1.165, 1.54) is 12.8 Å². The SMILES string of the molecule is CCCC1CCC(c2ccc(-c3ccc(OCC)c(C=O)c3)c(F)c2F)CC1. The zero-order valence-corrected chi connectivity index (χ0v) is 16.6. The first-order valence-corrected chi connectivity index (χ1v) is 10.3. The number of carbonyl (C=O) groups is 1. The Bertz CT molecular complexity index is 824. The van der Waals surface area contributed by atoms with Crippen LogP contribution in [0.25, 0.3) is 11.1 Å². The zero-order chi connectivity index (χ0) is 20.1. The molecule has 0 N–H and O–H groups in total. The number of benzene rings is 2. The van der Waals surface area contributed by atoms with Gasteiger partial charge in [0.1, 0.15) is 5.75 Å². The summed E-state index contributed by atoms with van der Waals surface area (Å²) >= 11 is 0. The molecule has 2 aromatic rings. The van der Waals surface area contributed by atoms with Crippen LogP contribution in [-0.4, -0.2) is 12.9 Å². The minimum Gasteiger partial charge on any atom is -0.493 e. The lowest BCUT2D eigenvalue weighted by atomic mass is 9.77. The fraction of sp³-hybridized carbons (Fsp3) is 0.458. The molecule has 0 heterocycles. The molecule has 1 aliphatic rings. The summed E-state index contributed by atoms with van der Waals surface area (Å²) in [6.07, 6.45) is 7.08. The maximum Gasteiger partial charge on any atom is 0.166 e. The molecule has 1 aliphatic carbocycles. The third kappa shape index (κ3) is 4.26. The van der Waals surface area contributed by atoms with Gasteiger partial charge >= 0.3 is 0 Å². The summed E-state index contributed by atoms with van der Waals surface area (Å²) in [6.45, 7) is 4.45. The van der Waals surface area contributed by atoms with Gasteiger partial charge < -0.3 is 4.74 Å². The van der Waals surface area contributed by atoms with Crippen LogP contribution in [0.1, 0.15) is 74.2 Å². The Morgan fingerprint density at radius 1 is 1.04 bits per heavy atom. The molecule has 0 aromatic heterocycles. The van der Waals surface area contributed by atoms with E-state index < -0.39 is 11.6 Å². The van der Waals surface area contributed by atoms with Gasteiger partial charge in [-0.15, -0.1) is 0 Å². The molecular weight excluding hydrogens is 358 g/mol. The molecule has 1 fully saturated rings. The Morgan fingerprint density at radius 3 is 2.43 bits per heavy atom. The number of hydrogen-bond donors (Lipinski definition) is 0. The molecule has 2 aromatic carbocycles. The second-order valence-electron chi connectivity index (χ2n) is 7.64. The van der Waals surface area contributed by atoms with Crippen molar-refractivity contribution in [2.45, 2.75) is 58.3 Å². The van der Waals surface area contributed by atoms with Crippen LogP contribution >= 0.6 is 0 Å². The highest BCUT2D eigenvalue weighted by molar-refractivity contribution is 5.83. The van der Waals surface area contributed by atoms with Crippen LogP contribution in [0.3, 0.4) is 0 Å². The number of carbonyl (C=O) groups excluding carboxylic acids is 1. The van der Waals surface area contributed by atoms with Crippen molar-refractivity contribution < 1.29 is 18.3 Å². The van der Waals surface area contributed by atoms with Crippen molar-refractivity contribution in [3.63, 3.8) is 0 Å². The van der Waals surface area contributed by atoms with Gasteiger partial charge in [0, 0.05) is 5.56 Å². The van der Waals surface area contributed by atoms with Crippen molar-refractivity contribution in [3.05, 3.63) is 53.1 Å². The largest absolute Gasteiger partial charge is 0.493 e. The Morgan fingerprint density at radius 2 is 1.79 bits per heavy atom. The normalized spacial score (nSPS) is 19.4. The molecule has 0 amide bonds. The molecule has 28 heavy (non-hydrogen) atoms. The monoisotopic (exact) mass is 386 g/mol. The van der Waals surface area contributed by atoms with Crippen LogP contribution in [0.2, 0.25) is 0 Å². The fourth-order valence-electron chi connectivity index (χ4n) is 4.37. The molecule has 0 atom stereocenters. The summed E-state index contributed by atoms with van der Waals surface area (Å²) in [6, 6.07) is 8.19. The van der Waals surface area contributed by atoms with E-state index in [1.54, 1.807) is 30.3 Å². The molecule has 150 valence electrons. The van der Waals surface area contributed by atoms with Crippen molar-refractivity contribution >= 4 is 6.29 Å². The summed E-state index contributed by atoms with van der Waals surface area (Å²) in [5, 5.41) is 0. The van der Waals surface area contributed by atoms with E-state index >= 15 is 0 Å². The van der Waals surface area contributed by atoms with Crippen molar-refractivity contribution in [2.75, 3.05) is 6.61 Å². The lowest BCUT2D eigenvalue weighted by molar-refractivity contribution is 0.112. The van der Waals surface area contributed by atoms with Gasteiger partial charge in [-0.05, 0) is 67.7 Å². The average Bonchev–Trinajstić information content (AvgIpc) is 2.72. The van der Waals surface area contributed by atoms with Crippen molar-refractivity contribution in [2.24, 2.45) is 5.92 Å². The molecule has 3 rings (SSSR count). The predicted octanol–water partition coefficient (Wildman–Crippen LogP) is 6.92. The van der Waals surface area contributed by atoms with Gasteiger partial charge in [-0.25, -0.2) is 8.78 Å². The standard InChI is InChI=1S/C24H28F2O2/c1-3-5-16-6-8-17(9-7-16)20-11-12-21(24(26)23(20)25)18-10-13-22(28-4-2)19(14-18)15-27/h10-17H,3-9H2,1-2H3. The Kier molecular flexibility index (Phi) is 6.82. The van der Waals surface area contributed by atoms with E-state index in [0.29, 0.717) is 35.3 Å². The molecule has 0 saturated heterocycles. The van der Waals surface area contributed by atoms with Crippen LogP contribution in [-0.2, 0) is 0 Å². The smallest absolute Gasteiger partial charge is 0.166 e. The van der Waals surface area contributed by atoms with E-state index in [9.17, 15) is 13.6 Å². The molecule has 0 spiro atoms. The summed E-state index contributed by atoms with van der Waals surface area (Å²) in [4.78, 5) is 11.3. The second kappa shape index (κ2) is 9.31. The van der Waals surface area contributed by atoms with Crippen LogP contribution in [0.15, 0.2) is 30.3 Å². The molecular formula is C24H28F2O2. The topological polar surface area (TPSA) is 26.3 Å². The molecule has 4 heteroatoms. The van der Waals surface area contributed by atoms with Crippen LogP contribution in [0.4, 0.5) is 8.78 Å². The maximum absolute atomic E-state index is 14.9. The van der Waals surface area contributed by atoms with Gasteiger partial charge in [0.15, 0.2) is 17.9 Å². The first kappa shape index (κ1) is 20.5. The number of halogens is 2. The number of aldehydes is 1. The number of hydrogen-bond acceptors (Lipinski definition) is 2. The van der Waals surface area contributed by atoms with Gasteiger partial charge in [-0.3, -0.25) is 4.79 Å². The predicted molar refractivity (Wildman–Crippen MR) is 108 cm³/mol. The van der Waals surface area contributed by atoms with E-state index in [1.807, 2.05) is 6.92 Å². The first-order valence-electron chi connectivity index (χ1n) is 10.3. The minimum atomic E-state index is -0.839. The van der Waals surface area contributed by atoms with Gasteiger partial charge in [-0.2, -0.15) is 0 Å². The van der Waals surface area contributed by atoms with E-state index in [4.69, 9.17) is 4.74 Å². The fourth-order valence-corrected chi connectivity index (χ4v) is 4.37. The highest BCUT2D eigenvalue weighted by Gasteiger charge is 2.26. The first-order chi connectivity index (χ1) is 13.6. The molecule has 2 nitrogen and oxygen atoms in total. The lowest BCUT2D eigenvalue weighted by Crippen LogP contribution is -2.15. The molecule has 0 radical (unpaired) electrons. The quantitative estimate of drug-likeness (QED) is 0.483. The Balaban J connectivity index is 1.86. The maximum atomic E-state index is 14.9. The Labute approximate surface area is 165 Å². The highest BCUT2D eigenvalue weighted by atomic mass is 19.2. The summed E-state index contributed by atoms with van der Waals surface area (Å²) < 4.78 is 35.2. The third-order valence-corrected chi connectivity index (χ3v) is 5.84. The third-order valence-electron chi connectivity index (χ3n) is 5.84.